The number of carbonyl (C=O) groups is 6. The van der Waals surface area contributed by atoms with E-state index in [0.717, 1.165) is 0 Å². The maximum atomic E-state index is 12.8. The number of Topliss-reactive ketones (excluding diaryl/α,β-unsaturated/α-hetero) is 2. The fraction of sp³-hybridized carbons (Fsp3) is 0.321. The van der Waals surface area contributed by atoms with Crippen LogP contribution in [0.4, 0.5) is 10.5 Å². The van der Waals surface area contributed by atoms with Gasteiger partial charge in [0, 0.05) is 18.3 Å². The van der Waals surface area contributed by atoms with Crippen LogP contribution < -0.4 is 21.5 Å². The van der Waals surface area contributed by atoms with Crippen molar-refractivity contribution < 1.29 is 48.5 Å². The minimum Gasteiger partial charge on any atom is -0.481 e. The molecule has 0 saturated carbocycles. The lowest BCUT2D eigenvalue weighted by Gasteiger charge is -2.20. The first kappa shape index (κ1) is 32.9. The molecule has 0 aliphatic carbocycles. The number of carbonyl (C=O) groups excluding carboxylic acids is 4. The molecule has 14 nitrogen and oxygen atoms in total. The quantitative estimate of drug-likeness (QED) is 0.0876. The van der Waals surface area contributed by atoms with Gasteiger partial charge in [-0.15, -0.1) is 0 Å². The molecular formula is C28H32N4O10. The maximum absolute atomic E-state index is 12.8. The van der Waals surface area contributed by atoms with E-state index < -0.39 is 72.7 Å². The minimum atomic E-state index is -1.54. The van der Waals surface area contributed by atoms with E-state index in [1.165, 1.54) is 48.5 Å². The van der Waals surface area contributed by atoms with Gasteiger partial charge >= 0.3 is 24.0 Å². The standard InChI is InChI=1S/C28H32N4O10/c1-15(2)25(38)18(12-23(34)35)11-22(33)21(13-24(36)37)32-28(40)41-14-16-3-9-20(10-4-16)42-26(39)17-5-7-19(8-6-17)31-27(29)30/h3-10,15,18,21H,11-14H2,1-2H3,(H,32,40)(H,34,35)(H,36,37)(H4,29,30,31)/t18-,21-/m0/s1. The maximum Gasteiger partial charge on any atom is 0.408 e. The Hall–Kier alpha value is -5.27. The molecule has 2 aromatic rings. The largest absolute Gasteiger partial charge is 0.481 e. The Morgan fingerprint density at radius 1 is 0.857 bits per heavy atom. The van der Waals surface area contributed by atoms with E-state index in [0.29, 0.717) is 11.3 Å². The Labute approximate surface area is 240 Å². The predicted octanol–water partition coefficient (Wildman–Crippen LogP) is 2.16. The number of amides is 1. The number of alkyl carbamates (subject to hydrolysis) is 1. The van der Waals surface area contributed by atoms with Crippen LogP contribution in [0.3, 0.4) is 0 Å². The molecule has 2 aromatic carbocycles. The summed E-state index contributed by atoms with van der Waals surface area (Å²) in [6.07, 6.45) is -3.05. The Balaban J connectivity index is 1.96. The van der Waals surface area contributed by atoms with Crippen LogP contribution in [0, 0.1) is 11.8 Å². The Kier molecular flexibility index (Phi) is 12.2. The number of ketones is 2. The summed E-state index contributed by atoms with van der Waals surface area (Å²) in [4.78, 5) is 76.1. The summed E-state index contributed by atoms with van der Waals surface area (Å²) >= 11 is 0. The molecule has 0 spiro atoms. The van der Waals surface area contributed by atoms with E-state index in [2.05, 4.69) is 10.3 Å². The van der Waals surface area contributed by atoms with Crippen molar-refractivity contribution >= 4 is 47.2 Å². The molecule has 0 unspecified atom stereocenters. The number of nitrogens with zero attached hydrogens (tertiary/aromatic N) is 1. The van der Waals surface area contributed by atoms with E-state index in [4.69, 9.17) is 26.0 Å². The van der Waals surface area contributed by atoms with Gasteiger partial charge in [-0.3, -0.25) is 19.2 Å². The number of nitrogens with two attached hydrogens (primary N) is 2. The van der Waals surface area contributed by atoms with Gasteiger partial charge in [-0.05, 0) is 42.0 Å². The molecule has 0 aromatic heterocycles. The van der Waals surface area contributed by atoms with Gasteiger partial charge in [0.05, 0.1) is 24.1 Å². The van der Waals surface area contributed by atoms with Crippen LogP contribution in [0.1, 0.15) is 49.0 Å². The fourth-order valence-corrected chi connectivity index (χ4v) is 3.73. The number of rotatable bonds is 15. The normalized spacial score (nSPS) is 12.0. The van der Waals surface area contributed by atoms with Gasteiger partial charge in [0.25, 0.3) is 0 Å². The number of carboxylic acids is 2. The lowest BCUT2D eigenvalue weighted by atomic mass is 9.86. The third kappa shape index (κ3) is 11.1. The van der Waals surface area contributed by atoms with E-state index in [-0.39, 0.29) is 23.9 Å². The number of guanidine groups is 1. The Morgan fingerprint density at radius 3 is 1.98 bits per heavy atom. The Morgan fingerprint density at radius 2 is 1.45 bits per heavy atom. The number of ether oxygens (including phenoxy) is 2. The van der Waals surface area contributed by atoms with Crippen LogP contribution >= 0.6 is 0 Å². The van der Waals surface area contributed by atoms with Crippen LogP contribution in [0.25, 0.3) is 0 Å². The Bertz CT molecular complexity index is 1330. The summed E-state index contributed by atoms with van der Waals surface area (Å²) in [5.41, 5.74) is 11.8. The van der Waals surface area contributed by atoms with Crippen molar-refractivity contribution in [1.82, 2.24) is 5.32 Å². The summed E-state index contributed by atoms with van der Waals surface area (Å²) in [5.74, 6) is -6.22. The van der Waals surface area contributed by atoms with E-state index in [1.807, 2.05) is 0 Å². The van der Waals surface area contributed by atoms with Crippen molar-refractivity contribution in [2.24, 2.45) is 28.3 Å². The highest BCUT2D eigenvalue weighted by molar-refractivity contribution is 5.96. The second kappa shape index (κ2) is 15.5. The second-order valence-electron chi connectivity index (χ2n) is 9.51. The number of aliphatic imine (C=N–C) groups is 1. The number of hydrogen-bond acceptors (Lipinski definition) is 9. The topological polar surface area (TPSA) is 238 Å². The number of esters is 1. The molecule has 0 aliphatic heterocycles. The molecule has 1 amide bonds. The molecule has 0 bridgehead atoms. The van der Waals surface area contributed by atoms with Crippen molar-refractivity contribution in [3.8, 4) is 5.75 Å². The van der Waals surface area contributed by atoms with Gasteiger partial charge in [-0.25, -0.2) is 14.6 Å². The van der Waals surface area contributed by atoms with Crippen molar-refractivity contribution in [3.63, 3.8) is 0 Å². The van der Waals surface area contributed by atoms with E-state index >= 15 is 0 Å². The van der Waals surface area contributed by atoms with Gasteiger partial charge in [0.15, 0.2) is 11.7 Å². The van der Waals surface area contributed by atoms with Crippen molar-refractivity contribution in [3.05, 3.63) is 59.7 Å². The first-order valence-electron chi connectivity index (χ1n) is 12.7. The van der Waals surface area contributed by atoms with Gasteiger partial charge in [-0.2, -0.15) is 0 Å². The zero-order chi connectivity index (χ0) is 31.4. The van der Waals surface area contributed by atoms with Crippen LogP contribution in [-0.2, 0) is 30.5 Å². The molecule has 2 rings (SSSR count). The first-order chi connectivity index (χ1) is 19.7. The lowest BCUT2D eigenvalue weighted by molar-refractivity contribution is -0.143. The molecule has 0 fully saturated rings. The number of nitrogens with one attached hydrogen (secondary N) is 1. The van der Waals surface area contributed by atoms with Crippen LogP contribution in [0.2, 0.25) is 0 Å². The molecular weight excluding hydrogens is 552 g/mol. The first-order valence-corrected chi connectivity index (χ1v) is 12.7. The third-order valence-electron chi connectivity index (χ3n) is 5.76. The summed E-state index contributed by atoms with van der Waals surface area (Å²) in [5, 5.41) is 20.5. The molecule has 42 heavy (non-hydrogen) atoms. The van der Waals surface area contributed by atoms with Crippen molar-refractivity contribution in [1.29, 1.82) is 0 Å². The number of aliphatic carboxylic acids is 2. The van der Waals surface area contributed by atoms with E-state index in [9.17, 15) is 33.9 Å². The molecule has 224 valence electrons. The highest BCUT2D eigenvalue weighted by atomic mass is 16.5. The smallest absolute Gasteiger partial charge is 0.408 e. The van der Waals surface area contributed by atoms with Crippen molar-refractivity contribution in [2.45, 2.75) is 45.8 Å². The molecule has 14 heteroatoms. The van der Waals surface area contributed by atoms with E-state index in [1.54, 1.807) is 13.8 Å². The molecule has 0 radical (unpaired) electrons. The zero-order valence-corrected chi connectivity index (χ0v) is 22.9. The van der Waals surface area contributed by atoms with Gasteiger partial charge in [0.1, 0.15) is 24.2 Å². The average molecular weight is 585 g/mol. The zero-order valence-electron chi connectivity index (χ0n) is 22.9. The summed E-state index contributed by atoms with van der Waals surface area (Å²) in [7, 11) is 0. The summed E-state index contributed by atoms with van der Waals surface area (Å²) < 4.78 is 10.4. The van der Waals surface area contributed by atoms with Crippen molar-refractivity contribution in [2.75, 3.05) is 0 Å². The summed E-state index contributed by atoms with van der Waals surface area (Å²) in [6.45, 7) is 2.84. The fourth-order valence-electron chi connectivity index (χ4n) is 3.73. The van der Waals surface area contributed by atoms with Gasteiger partial charge in [-0.1, -0.05) is 26.0 Å². The second-order valence-corrected chi connectivity index (χ2v) is 9.51. The van der Waals surface area contributed by atoms with Gasteiger partial charge in [0.2, 0.25) is 0 Å². The minimum absolute atomic E-state index is 0.124. The molecule has 0 heterocycles. The molecule has 2 atom stereocenters. The predicted molar refractivity (Wildman–Crippen MR) is 148 cm³/mol. The third-order valence-corrected chi connectivity index (χ3v) is 5.76. The molecule has 0 aliphatic rings. The number of benzene rings is 2. The average Bonchev–Trinajstić information content (AvgIpc) is 2.91. The van der Waals surface area contributed by atoms with Gasteiger partial charge < -0.3 is 36.5 Å². The molecule has 7 N–H and O–H groups in total. The number of carboxylic acid groups (broad SMARTS) is 2. The SMILES string of the molecule is CC(C)C(=O)[C@H](CC(=O)O)CC(=O)[C@H](CC(=O)O)NC(=O)OCc1ccc(OC(=O)c2ccc(N=C(N)N)cc2)cc1. The van der Waals surface area contributed by atoms with Crippen LogP contribution in [0.15, 0.2) is 53.5 Å². The summed E-state index contributed by atoms with van der Waals surface area (Å²) in [6, 6.07) is 10.5. The van der Waals surface area contributed by atoms with Crippen LogP contribution in [-0.4, -0.2) is 57.8 Å². The monoisotopic (exact) mass is 584 g/mol. The highest BCUT2D eigenvalue weighted by Crippen LogP contribution is 2.19. The molecule has 0 saturated heterocycles. The van der Waals surface area contributed by atoms with Crippen LogP contribution in [0.5, 0.6) is 5.75 Å². The highest BCUT2D eigenvalue weighted by Gasteiger charge is 2.31. The number of hydrogen-bond donors (Lipinski definition) is 5. The lowest BCUT2D eigenvalue weighted by Crippen LogP contribution is -2.43.